The molecular weight excluding hydrogens is 644 g/mol. The van der Waals surface area contributed by atoms with Crippen LogP contribution in [-0.4, -0.2) is 0 Å². The topological polar surface area (TPSA) is 0 Å². The summed E-state index contributed by atoms with van der Waals surface area (Å²) in [5.41, 5.74) is 12.2. The van der Waals surface area contributed by atoms with Crippen molar-refractivity contribution in [1.82, 2.24) is 0 Å². The average Bonchev–Trinajstić information content (AvgIpc) is 3.49. The van der Waals surface area contributed by atoms with Crippen LogP contribution in [0.3, 0.4) is 0 Å². The van der Waals surface area contributed by atoms with Crippen LogP contribution in [0.15, 0.2) is 28.7 Å². The van der Waals surface area contributed by atoms with E-state index in [4.69, 9.17) is 0 Å². The molecule has 0 fully saturated rings. The monoisotopic (exact) mass is 719 g/mol. The third kappa shape index (κ3) is 9.62. The largest absolute Gasteiger partial charge is 0.0654 e. The zero-order chi connectivity index (χ0) is 34.2. The second-order valence-corrected chi connectivity index (χ2v) is 17.3. The zero-order valence-electron chi connectivity index (χ0n) is 32.5. The fraction of sp³-hybridized carbons (Fsp3) is 0.745. The van der Waals surface area contributed by atoms with E-state index in [9.17, 15) is 0 Å². The summed E-state index contributed by atoms with van der Waals surface area (Å²) in [7, 11) is 0. The van der Waals surface area contributed by atoms with E-state index in [-0.39, 0.29) is 10.8 Å². The van der Waals surface area contributed by atoms with Gasteiger partial charge in [0.2, 0.25) is 0 Å². The van der Waals surface area contributed by atoms with Crippen LogP contribution in [0.4, 0.5) is 0 Å². The van der Waals surface area contributed by atoms with Crippen molar-refractivity contribution in [2.24, 2.45) is 0 Å². The van der Waals surface area contributed by atoms with Crippen molar-refractivity contribution >= 4 is 15.9 Å². The summed E-state index contributed by atoms with van der Waals surface area (Å²) in [6, 6.07) is 10.6. The first kappa shape index (κ1) is 39.7. The molecule has 2 aliphatic carbocycles. The normalized spacial score (nSPS) is 15.0. The molecule has 2 aromatic carbocycles. The molecular formula is C47H75Br. The number of rotatable bonds is 28. The van der Waals surface area contributed by atoms with Crippen molar-refractivity contribution in [1.29, 1.82) is 0 Å². The molecule has 0 saturated heterocycles. The Kier molecular flexibility index (Phi) is 17.1. The maximum Gasteiger partial charge on any atom is 0.0215 e. The fourth-order valence-electron chi connectivity index (χ4n) is 9.89. The predicted octanol–water partition coefficient (Wildman–Crippen LogP) is 16.6. The number of hydrogen-bond donors (Lipinski definition) is 0. The molecule has 0 amide bonds. The quantitative estimate of drug-likeness (QED) is 0.0768. The molecule has 48 heavy (non-hydrogen) atoms. The maximum absolute atomic E-state index is 4.16. The van der Waals surface area contributed by atoms with E-state index < -0.39 is 0 Å². The predicted molar refractivity (Wildman–Crippen MR) is 218 cm³/mol. The Labute approximate surface area is 307 Å². The van der Waals surface area contributed by atoms with Crippen molar-refractivity contribution in [2.45, 2.75) is 225 Å². The number of halogens is 1. The molecule has 270 valence electrons. The van der Waals surface area contributed by atoms with Gasteiger partial charge in [0.15, 0.2) is 0 Å². The van der Waals surface area contributed by atoms with E-state index in [0.29, 0.717) is 0 Å². The lowest BCUT2D eigenvalue weighted by atomic mass is 9.65. The van der Waals surface area contributed by atoms with Crippen LogP contribution < -0.4 is 0 Å². The highest BCUT2D eigenvalue weighted by Gasteiger charge is 2.53. The Morgan fingerprint density at radius 1 is 0.375 bits per heavy atom. The molecule has 0 radical (unpaired) electrons. The van der Waals surface area contributed by atoms with Crippen LogP contribution in [-0.2, 0) is 10.8 Å². The standard InChI is InChI=1S/C47H75Br/c1-6-10-14-18-22-26-30-46(31-27-23-19-15-11-7-2)40-34-38(5)35-41-44(40)45-42(46)36-39(48)37-43(45)47(41,32-28-24-20-16-12-8-3)33-29-25-21-17-13-9-4/h34-37H,6-33H2,1-5H3. The average molecular weight is 720 g/mol. The summed E-state index contributed by atoms with van der Waals surface area (Å²) in [5.74, 6) is 0. The maximum atomic E-state index is 4.16. The molecule has 2 aliphatic rings. The van der Waals surface area contributed by atoms with Crippen LogP contribution in [0.25, 0.3) is 11.1 Å². The van der Waals surface area contributed by atoms with Gasteiger partial charge in [-0.25, -0.2) is 0 Å². The van der Waals surface area contributed by atoms with Gasteiger partial charge in [-0.05, 0) is 78.1 Å². The smallest absolute Gasteiger partial charge is 0.0215 e. The summed E-state index contributed by atoms with van der Waals surface area (Å²) < 4.78 is 1.34. The number of hydrogen-bond acceptors (Lipinski definition) is 0. The van der Waals surface area contributed by atoms with Gasteiger partial charge < -0.3 is 0 Å². The van der Waals surface area contributed by atoms with E-state index >= 15 is 0 Å². The van der Waals surface area contributed by atoms with E-state index in [1.807, 2.05) is 0 Å². The molecule has 1 heteroatoms. The third-order valence-corrected chi connectivity index (χ3v) is 13.0. The molecule has 0 bridgehead atoms. The SMILES string of the molecule is CCCCCCCCC1(CCCCCCCC)c2cc(C)cc3c2-c2c1cc(Br)cc2C3(CCCCCCCC)CCCCCCCC. The van der Waals surface area contributed by atoms with Gasteiger partial charge in [-0.3, -0.25) is 0 Å². The minimum absolute atomic E-state index is 0.186. The summed E-state index contributed by atoms with van der Waals surface area (Å²) >= 11 is 4.16. The Morgan fingerprint density at radius 2 is 0.625 bits per heavy atom. The van der Waals surface area contributed by atoms with Crippen molar-refractivity contribution in [3.8, 4) is 11.1 Å². The molecule has 0 N–H and O–H groups in total. The Morgan fingerprint density at radius 3 is 0.917 bits per heavy atom. The fourth-order valence-corrected chi connectivity index (χ4v) is 10.3. The highest BCUT2D eigenvalue weighted by molar-refractivity contribution is 9.10. The number of aryl methyl sites for hydroxylation is 1. The molecule has 0 heterocycles. The van der Waals surface area contributed by atoms with Crippen LogP contribution >= 0.6 is 15.9 Å². The molecule has 0 spiro atoms. The van der Waals surface area contributed by atoms with Gasteiger partial charge in [0.1, 0.15) is 0 Å². The van der Waals surface area contributed by atoms with Gasteiger partial charge >= 0.3 is 0 Å². The van der Waals surface area contributed by atoms with Gasteiger partial charge in [-0.15, -0.1) is 0 Å². The van der Waals surface area contributed by atoms with E-state index in [1.165, 1.54) is 190 Å². The number of unbranched alkanes of at least 4 members (excludes halogenated alkanes) is 20. The lowest BCUT2D eigenvalue weighted by Gasteiger charge is -2.38. The van der Waals surface area contributed by atoms with E-state index in [2.05, 4.69) is 74.8 Å². The summed E-state index contributed by atoms with van der Waals surface area (Å²) in [5, 5.41) is 0. The lowest BCUT2D eigenvalue weighted by molar-refractivity contribution is 0.384. The van der Waals surface area contributed by atoms with Gasteiger partial charge in [0.05, 0.1) is 0 Å². The zero-order valence-corrected chi connectivity index (χ0v) is 34.1. The highest BCUT2D eigenvalue weighted by atomic mass is 79.9. The minimum atomic E-state index is 0.186. The Balaban J connectivity index is 1.72. The Bertz CT molecular complexity index is 1040. The van der Waals surface area contributed by atoms with Gasteiger partial charge in [0, 0.05) is 15.3 Å². The van der Waals surface area contributed by atoms with Crippen LogP contribution in [0, 0.1) is 6.92 Å². The Hall–Kier alpha value is -1.08. The highest BCUT2D eigenvalue weighted by Crippen LogP contribution is 2.66. The van der Waals surface area contributed by atoms with Crippen molar-refractivity contribution < 1.29 is 0 Å². The van der Waals surface area contributed by atoms with Gasteiger partial charge in [0.25, 0.3) is 0 Å². The summed E-state index contributed by atoms with van der Waals surface area (Å²) in [4.78, 5) is 0. The molecule has 0 atom stereocenters. The minimum Gasteiger partial charge on any atom is -0.0654 e. The second-order valence-electron chi connectivity index (χ2n) is 16.3. The van der Waals surface area contributed by atoms with Gasteiger partial charge in [-0.2, -0.15) is 0 Å². The molecule has 4 rings (SSSR count). The molecule has 0 aromatic heterocycles. The molecule has 0 saturated carbocycles. The van der Waals surface area contributed by atoms with E-state index in [1.54, 1.807) is 33.4 Å². The number of benzene rings is 2. The molecule has 2 aromatic rings. The van der Waals surface area contributed by atoms with Crippen molar-refractivity contribution in [2.75, 3.05) is 0 Å². The first-order valence-electron chi connectivity index (χ1n) is 21.5. The summed E-state index contributed by atoms with van der Waals surface area (Å²) in [6.45, 7) is 11.8. The van der Waals surface area contributed by atoms with Gasteiger partial charge in [-0.1, -0.05) is 215 Å². The molecule has 0 aliphatic heterocycles. The van der Waals surface area contributed by atoms with Crippen molar-refractivity contribution in [3.63, 3.8) is 0 Å². The molecule has 0 unspecified atom stereocenters. The van der Waals surface area contributed by atoms with E-state index in [0.717, 1.165) is 0 Å². The first-order valence-corrected chi connectivity index (χ1v) is 22.3. The molecule has 0 nitrogen and oxygen atoms in total. The lowest BCUT2D eigenvalue weighted by Crippen LogP contribution is -2.30. The summed E-state index contributed by atoms with van der Waals surface area (Å²) in [6.07, 6.45) is 38.5. The van der Waals surface area contributed by atoms with Crippen LogP contribution in [0.5, 0.6) is 0 Å². The van der Waals surface area contributed by atoms with Crippen LogP contribution in [0.2, 0.25) is 0 Å². The van der Waals surface area contributed by atoms with Crippen molar-refractivity contribution in [3.05, 3.63) is 56.6 Å². The first-order chi connectivity index (χ1) is 23.5. The second kappa shape index (κ2) is 20.7. The third-order valence-electron chi connectivity index (χ3n) is 12.5. The van der Waals surface area contributed by atoms with Crippen LogP contribution in [0.1, 0.15) is 235 Å².